The van der Waals surface area contributed by atoms with Crippen LogP contribution in [-0.4, -0.2) is 35.9 Å². The van der Waals surface area contributed by atoms with Crippen molar-refractivity contribution in [3.8, 4) is 11.3 Å². The van der Waals surface area contributed by atoms with E-state index in [1.165, 1.54) is 0 Å². The third-order valence-corrected chi connectivity index (χ3v) is 4.99. The summed E-state index contributed by atoms with van der Waals surface area (Å²) < 4.78 is 6.21. The highest BCUT2D eigenvalue weighted by Gasteiger charge is 2.36. The number of amides is 1. The molecule has 1 aliphatic heterocycles. The van der Waals surface area contributed by atoms with Crippen LogP contribution in [-0.2, 0) is 4.79 Å². The van der Waals surface area contributed by atoms with Gasteiger partial charge < -0.3 is 14.6 Å². The SMILES string of the molecule is CNCC(C)C(=O)N1CCCC1c1nc(-c2ccccc2)c(C(C)C)o1. The summed E-state index contributed by atoms with van der Waals surface area (Å²) in [7, 11) is 1.88. The molecule has 2 unspecified atom stereocenters. The Morgan fingerprint density at radius 1 is 1.31 bits per heavy atom. The van der Waals surface area contributed by atoms with Gasteiger partial charge in [0.15, 0.2) is 0 Å². The van der Waals surface area contributed by atoms with Crippen LogP contribution < -0.4 is 5.32 Å². The van der Waals surface area contributed by atoms with Crippen LogP contribution in [0.1, 0.15) is 57.2 Å². The zero-order valence-electron chi connectivity index (χ0n) is 16.2. The Kier molecular flexibility index (Phi) is 5.77. The number of benzene rings is 1. The molecular formula is C21H29N3O2. The lowest BCUT2D eigenvalue weighted by Crippen LogP contribution is -2.38. The largest absolute Gasteiger partial charge is 0.442 e. The Hall–Kier alpha value is -2.14. The number of hydrogen-bond acceptors (Lipinski definition) is 4. The van der Waals surface area contributed by atoms with Crippen LogP contribution in [0.15, 0.2) is 34.7 Å². The number of carbonyl (C=O) groups excluding carboxylic acids is 1. The molecule has 0 spiro atoms. The standard InChI is InChI=1S/C21H29N3O2/c1-14(2)19-18(16-9-6-5-7-10-16)23-20(26-19)17-11-8-12-24(17)21(25)15(3)13-22-4/h5-7,9-10,14-15,17,22H,8,11-13H2,1-4H3. The first-order valence-corrected chi connectivity index (χ1v) is 9.54. The first kappa shape index (κ1) is 18.6. The van der Waals surface area contributed by atoms with Crippen LogP contribution in [0.4, 0.5) is 0 Å². The monoisotopic (exact) mass is 355 g/mol. The molecule has 1 saturated heterocycles. The lowest BCUT2D eigenvalue weighted by Gasteiger charge is -2.25. The van der Waals surface area contributed by atoms with Gasteiger partial charge in [-0.05, 0) is 19.9 Å². The van der Waals surface area contributed by atoms with E-state index in [0.29, 0.717) is 12.4 Å². The van der Waals surface area contributed by atoms with Crippen LogP contribution in [0.25, 0.3) is 11.3 Å². The average molecular weight is 355 g/mol. The molecule has 26 heavy (non-hydrogen) atoms. The summed E-state index contributed by atoms with van der Waals surface area (Å²) in [6, 6.07) is 10.1. The van der Waals surface area contributed by atoms with Gasteiger partial charge in [-0.3, -0.25) is 4.79 Å². The van der Waals surface area contributed by atoms with Crippen molar-refractivity contribution in [3.05, 3.63) is 42.0 Å². The quantitative estimate of drug-likeness (QED) is 0.851. The van der Waals surface area contributed by atoms with E-state index in [9.17, 15) is 4.79 Å². The summed E-state index contributed by atoms with van der Waals surface area (Å²) in [5.74, 6) is 1.94. The third-order valence-electron chi connectivity index (χ3n) is 4.99. The van der Waals surface area contributed by atoms with Crippen molar-refractivity contribution in [2.24, 2.45) is 5.92 Å². The van der Waals surface area contributed by atoms with E-state index in [1.807, 2.05) is 37.1 Å². The van der Waals surface area contributed by atoms with Crippen molar-refractivity contribution >= 4 is 5.91 Å². The predicted molar refractivity (Wildman–Crippen MR) is 103 cm³/mol. The lowest BCUT2D eigenvalue weighted by molar-refractivity contribution is -0.136. The highest BCUT2D eigenvalue weighted by Crippen LogP contribution is 2.37. The molecule has 5 nitrogen and oxygen atoms in total. The Morgan fingerprint density at radius 3 is 2.69 bits per heavy atom. The molecule has 0 aliphatic carbocycles. The zero-order chi connectivity index (χ0) is 18.7. The highest BCUT2D eigenvalue weighted by atomic mass is 16.4. The first-order chi connectivity index (χ1) is 12.5. The second-order valence-electron chi connectivity index (χ2n) is 7.43. The number of oxazole rings is 1. The number of likely N-dealkylation sites (tertiary alicyclic amines) is 1. The maximum Gasteiger partial charge on any atom is 0.227 e. The zero-order valence-corrected chi connectivity index (χ0v) is 16.2. The summed E-state index contributed by atoms with van der Waals surface area (Å²) >= 11 is 0. The molecule has 0 saturated carbocycles. The van der Waals surface area contributed by atoms with E-state index in [0.717, 1.165) is 36.4 Å². The molecule has 1 N–H and O–H groups in total. The molecule has 1 aromatic carbocycles. The van der Waals surface area contributed by atoms with Gasteiger partial charge in [0.05, 0.1) is 0 Å². The van der Waals surface area contributed by atoms with Crippen LogP contribution >= 0.6 is 0 Å². The topological polar surface area (TPSA) is 58.4 Å². The Labute approximate surface area is 155 Å². The number of hydrogen-bond donors (Lipinski definition) is 1. The lowest BCUT2D eigenvalue weighted by atomic mass is 10.0. The van der Waals surface area contributed by atoms with Crippen molar-refractivity contribution in [1.82, 2.24) is 15.2 Å². The minimum Gasteiger partial charge on any atom is -0.442 e. The van der Waals surface area contributed by atoms with Crippen molar-refractivity contribution in [3.63, 3.8) is 0 Å². The molecule has 2 heterocycles. The van der Waals surface area contributed by atoms with E-state index >= 15 is 0 Å². The molecule has 0 radical (unpaired) electrons. The first-order valence-electron chi connectivity index (χ1n) is 9.54. The summed E-state index contributed by atoms with van der Waals surface area (Å²) in [6.07, 6.45) is 1.90. The fourth-order valence-electron chi connectivity index (χ4n) is 3.65. The molecule has 2 aromatic rings. The van der Waals surface area contributed by atoms with Crippen molar-refractivity contribution in [2.45, 2.75) is 45.6 Å². The molecule has 1 aromatic heterocycles. The van der Waals surface area contributed by atoms with Crippen LogP contribution in [0.5, 0.6) is 0 Å². The van der Waals surface area contributed by atoms with Crippen molar-refractivity contribution < 1.29 is 9.21 Å². The van der Waals surface area contributed by atoms with Gasteiger partial charge in [-0.1, -0.05) is 51.1 Å². The van der Waals surface area contributed by atoms with Gasteiger partial charge >= 0.3 is 0 Å². The van der Waals surface area contributed by atoms with Gasteiger partial charge in [-0.15, -0.1) is 0 Å². The number of nitrogens with one attached hydrogen (secondary N) is 1. The number of aromatic nitrogens is 1. The van der Waals surface area contributed by atoms with E-state index in [4.69, 9.17) is 9.40 Å². The van der Waals surface area contributed by atoms with Gasteiger partial charge in [0.25, 0.3) is 0 Å². The second-order valence-corrected chi connectivity index (χ2v) is 7.43. The van der Waals surface area contributed by atoms with Crippen LogP contribution in [0.3, 0.4) is 0 Å². The molecule has 1 amide bonds. The number of carbonyl (C=O) groups is 1. The Bertz CT molecular complexity index is 739. The van der Waals surface area contributed by atoms with Gasteiger partial charge in [-0.25, -0.2) is 4.98 Å². The van der Waals surface area contributed by atoms with E-state index in [2.05, 4.69) is 31.3 Å². The Morgan fingerprint density at radius 2 is 2.04 bits per heavy atom. The summed E-state index contributed by atoms with van der Waals surface area (Å²) in [5.41, 5.74) is 1.96. The van der Waals surface area contributed by atoms with Crippen LogP contribution in [0, 0.1) is 5.92 Å². The smallest absolute Gasteiger partial charge is 0.227 e. The molecule has 5 heteroatoms. The van der Waals surface area contributed by atoms with E-state index in [-0.39, 0.29) is 23.8 Å². The molecular weight excluding hydrogens is 326 g/mol. The molecule has 3 rings (SSSR count). The summed E-state index contributed by atoms with van der Waals surface area (Å²) in [5, 5.41) is 3.09. The molecule has 1 fully saturated rings. The van der Waals surface area contributed by atoms with Crippen molar-refractivity contribution in [1.29, 1.82) is 0 Å². The van der Waals surface area contributed by atoms with Crippen molar-refractivity contribution in [2.75, 3.05) is 20.1 Å². The number of rotatable bonds is 6. The molecule has 0 bridgehead atoms. The highest BCUT2D eigenvalue weighted by molar-refractivity contribution is 5.79. The van der Waals surface area contributed by atoms with Gasteiger partial charge in [0.2, 0.25) is 11.8 Å². The summed E-state index contributed by atoms with van der Waals surface area (Å²) in [4.78, 5) is 19.6. The summed E-state index contributed by atoms with van der Waals surface area (Å²) in [6.45, 7) is 7.66. The third kappa shape index (κ3) is 3.68. The minimum atomic E-state index is -0.0585. The molecule has 140 valence electrons. The molecule has 1 aliphatic rings. The normalized spacial score (nSPS) is 18.5. The van der Waals surface area contributed by atoms with Gasteiger partial charge in [0, 0.05) is 30.5 Å². The fraction of sp³-hybridized carbons (Fsp3) is 0.524. The van der Waals surface area contributed by atoms with E-state index < -0.39 is 0 Å². The number of nitrogens with zero attached hydrogens (tertiary/aromatic N) is 2. The maximum absolute atomic E-state index is 12.8. The molecule has 2 atom stereocenters. The van der Waals surface area contributed by atoms with Crippen LogP contribution in [0.2, 0.25) is 0 Å². The van der Waals surface area contributed by atoms with Gasteiger partial charge in [-0.2, -0.15) is 0 Å². The Balaban J connectivity index is 1.92. The predicted octanol–water partition coefficient (Wildman–Crippen LogP) is 3.98. The minimum absolute atomic E-state index is 0.0475. The fourth-order valence-corrected chi connectivity index (χ4v) is 3.65. The average Bonchev–Trinajstić information content (AvgIpc) is 3.29. The van der Waals surface area contributed by atoms with Gasteiger partial charge in [0.1, 0.15) is 17.5 Å². The second kappa shape index (κ2) is 8.04. The van der Waals surface area contributed by atoms with E-state index in [1.54, 1.807) is 0 Å². The maximum atomic E-state index is 12.8.